The molecule has 1 fully saturated rings. The zero-order valence-electron chi connectivity index (χ0n) is 13.8. The lowest BCUT2D eigenvalue weighted by Gasteiger charge is -2.07. The second-order valence-corrected chi connectivity index (χ2v) is 8.50. The molecule has 4 N–H and O–H groups in total. The highest BCUT2D eigenvalue weighted by molar-refractivity contribution is 9.10. The molecule has 146 valence electrons. The Kier molecular flexibility index (Phi) is 6.04. The summed E-state index contributed by atoms with van der Waals surface area (Å²) in [5.41, 5.74) is 2.23. The number of anilines is 1. The van der Waals surface area contributed by atoms with Crippen molar-refractivity contribution in [3.63, 3.8) is 0 Å². The molecule has 0 bridgehead atoms. The Morgan fingerprint density at radius 3 is 2.85 bits per heavy atom. The van der Waals surface area contributed by atoms with Crippen LogP contribution in [0.5, 0.6) is 0 Å². The van der Waals surface area contributed by atoms with E-state index in [-0.39, 0.29) is 40.2 Å². The summed E-state index contributed by atoms with van der Waals surface area (Å²) in [6.45, 7) is 0.0457. The number of aliphatic imine (C=N–C) groups is 1. The van der Waals surface area contributed by atoms with Gasteiger partial charge in [-0.25, -0.2) is 27.2 Å². The predicted octanol–water partition coefficient (Wildman–Crippen LogP) is 1.52. The van der Waals surface area contributed by atoms with E-state index in [0.29, 0.717) is 5.69 Å². The fourth-order valence-electron chi connectivity index (χ4n) is 2.09. The van der Waals surface area contributed by atoms with Crippen LogP contribution in [0.25, 0.3) is 0 Å². The number of halogens is 2. The molecule has 0 amide bonds. The number of amidine groups is 1. The Morgan fingerprint density at radius 2 is 2.19 bits per heavy atom. The van der Waals surface area contributed by atoms with Gasteiger partial charge < -0.3 is 5.32 Å². The van der Waals surface area contributed by atoms with E-state index in [2.05, 4.69) is 45.9 Å². The maximum atomic E-state index is 13.3. The van der Waals surface area contributed by atoms with Gasteiger partial charge in [0, 0.05) is 12.6 Å². The Hall–Kier alpha value is -2.09. The smallest absolute Gasteiger partial charge is 0.213 e. The van der Waals surface area contributed by atoms with Crippen LogP contribution in [-0.2, 0) is 10.0 Å². The Bertz CT molecular complexity index is 947. The topological polar surface area (TPSA) is 142 Å². The molecule has 13 heteroatoms. The molecule has 1 aliphatic carbocycles. The molecule has 2 aromatic rings. The van der Waals surface area contributed by atoms with Crippen LogP contribution in [-0.4, -0.2) is 48.1 Å². The molecule has 0 atom stereocenters. The van der Waals surface area contributed by atoms with Gasteiger partial charge in [0.1, 0.15) is 5.82 Å². The van der Waals surface area contributed by atoms with Crippen LogP contribution in [0.15, 0.2) is 32.3 Å². The zero-order valence-corrected chi connectivity index (χ0v) is 16.2. The molecule has 0 saturated heterocycles. The van der Waals surface area contributed by atoms with Gasteiger partial charge in [0.2, 0.25) is 15.8 Å². The van der Waals surface area contributed by atoms with Gasteiger partial charge in [-0.15, -0.1) is 0 Å². The first-order valence-corrected chi connectivity index (χ1v) is 10.3. The highest BCUT2D eigenvalue weighted by Crippen LogP contribution is 2.23. The van der Waals surface area contributed by atoms with Gasteiger partial charge in [0.25, 0.3) is 0 Å². The number of benzene rings is 1. The molecule has 0 radical (unpaired) electrons. The van der Waals surface area contributed by atoms with Gasteiger partial charge in [-0.05, 0) is 57.3 Å². The summed E-state index contributed by atoms with van der Waals surface area (Å²) in [7, 11) is -3.39. The summed E-state index contributed by atoms with van der Waals surface area (Å²) in [4.78, 5) is 4.11. The highest BCUT2D eigenvalue weighted by atomic mass is 79.9. The molecule has 1 saturated carbocycles. The standard InChI is InChI=1S/C14H16BrFN6O4S/c15-10-7-9(3-4-11(10)16)18-14(19-23)12-13(21-26-20-12)17-5-6-27(24,25)22-8-1-2-8/h3-4,7-8,22-23H,1-2,5-6H2,(H,17,21)(H,18,19). The fraction of sp³-hybridized carbons (Fsp3) is 0.357. The van der Waals surface area contributed by atoms with Gasteiger partial charge >= 0.3 is 0 Å². The van der Waals surface area contributed by atoms with Crippen molar-refractivity contribution in [2.24, 2.45) is 4.99 Å². The van der Waals surface area contributed by atoms with Crippen LogP contribution >= 0.6 is 15.9 Å². The maximum absolute atomic E-state index is 13.3. The minimum absolute atomic E-state index is 0.0329. The van der Waals surface area contributed by atoms with Crippen molar-refractivity contribution >= 4 is 43.3 Å². The van der Waals surface area contributed by atoms with Crippen molar-refractivity contribution in [1.82, 2.24) is 20.5 Å². The van der Waals surface area contributed by atoms with Crippen LogP contribution in [0.1, 0.15) is 18.5 Å². The van der Waals surface area contributed by atoms with E-state index in [1.54, 1.807) is 0 Å². The molecule has 27 heavy (non-hydrogen) atoms. The average Bonchev–Trinajstić information content (AvgIpc) is 3.29. The van der Waals surface area contributed by atoms with Crippen molar-refractivity contribution in [3.8, 4) is 0 Å². The SMILES string of the molecule is O=S(=O)(CCNc1nonc1C(=Nc1ccc(F)c(Br)c1)NO)NC1CC1. The summed E-state index contributed by atoms with van der Waals surface area (Å²) < 4.78 is 44.4. The molecule has 1 aromatic heterocycles. The number of sulfonamides is 1. The van der Waals surface area contributed by atoms with Crippen LogP contribution in [0.3, 0.4) is 0 Å². The summed E-state index contributed by atoms with van der Waals surface area (Å²) in [6.07, 6.45) is 1.71. The van der Waals surface area contributed by atoms with E-state index in [4.69, 9.17) is 0 Å². The van der Waals surface area contributed by atoms with Crippen LogP contribution in [0.4, 0.5) is 15.9 Å². The number of hydrogen-bond acceptors (Lipinski definition) is 8. The first-order valence-electron chi connectivity index (χ1n) is 7.88. The number of rotatable bonds is 8. The lowest BCUT2D eigenvalue weighted by molar-refractivity contribution is 0.234. The van der Waals surface area contributed by atoms with Crippen molar-refractivity contribution < 1.29 is 22.6 Å². The van der Waals surface area contributed by atoms with Crippen LogP contribution < -0.4 is 15.5 Å². The number of nitrogens with one attached hydrogen (secondary N) is 3. The third-order valence-electron chi connectivity index (χ3n) is 3.55. The minimum Gasteiger partial charge on any atom is -0.364 e. The van der Waals surface area contributed by atoms with Gasteiger partial charge in [0.15, 0.2) is 11.5 Å². The molecular formula is C14H16BrFN6O4S. The van der Waals surface area contributed by atoms with Crippen LogP contribution in [0.2, 0.25) is 0 Å². The van der Waals surface area contributed by atoms with Crippen molar-refractivity contribution in [1.29, 1.82) is 0 Å². The molecule has 0 spiro atoms. The first kappa shape index (κ1) is 19.7. The second kappa shape index (κ2) is 8.29. The third kappa shape index (κ3) is 5.45. The lowest BCUT2D eigenvalue weighted by Crippen LogP contribution is -2.31. The molecule has 0 aliphatic heterocycles. The maximum Gasteiger partial charge on any atom is 0.213 e. The van der Waals surface area contributed by atoms with Crippen LogP contribution in [0, 0.1) is 5.82 Å². The Labute approximate surface area is 162 Å². The second-order valence-electron chi connectivity index (χ2n) is 5.77. The third-order valence-corrected chi connectivity index (χ3v) is 5.59. The van der Waals surface area contributed by atoms with Crippen molar-refractivity contribution in [3.05, 3.63) is 34.2 Å². The van der Waals surface area contributed by atoms with E-state index in [9.17, 15) is 18.0 Å². The van der Waals surface area contributed by atoms with E-state index in [1.165, 1.54) is 18.2 Å². The largest absolute Gasteiger partial charge is 0.364 e. The molecule has 3 rings (SSSR count). The summed E-state index contributed by atoms with van der Waals surface area (Å²) in [5, 5.41) is 19.4. The Morgan fingerprint density at radius 1 is 1.41 bits per heavy atom. The van der Waals surface area contributed by atoms with E-state index >= 15 is 0 Å². The summed E-state index contributed by atoms with van der Waals surface area (Å²) in [6, 6.07) is 4.04. The monoisotopic (exact) mass is 462 g/mol. The molecule has 0 unspecified atom stereocenters. The highest BCUT2D eigenvalue weighted by Gasteiger charge is 2.26. The fourth-order valence-corrected chi connectivity index (χ4v) is 3.69. The minimum atomic E-state index is -3.39. The summed E-state index contributed by atoms with van der Waals surface area (Å²) in [5.74, 6) is -0.645. The van der Waals surface area contributed by atoms with Crippen molar-refractivity contribution in [2.75, 3.05) is 17.6 Å². The number of hydrogen-bond donors (Lipinski definition) is 4. The summed E-state index contributed by atoms with van der Waals surface area (Å²) >= 11 is 3.05. The molecule has 1 heterocycles. The van der Waals surface area contributed by atoms with E-state index in [1.807, 2.05) is 5.48 Å². The van der Waals surface area contributed by atoms with Gasteiger partial charge in [0.05, 0.1) is 15.9 Å². The van der Waals surface area contributed by atoms with E-state index < -0.39 is 15.8 Å². The lowest BCUT2D eigenvalue weighted by atomic mass is 10.3. The van der Waals surface area contributed by atoms with Gasteiger partial charge in [-0.1, -0.05) is 0 Å². The molecule has 10 nitrogen and oxygen atoms in total. The Balaban J connectivity index is 1.70. The predicted molar refractivity (Wildman–Crippen MR) is 98.0 cm³/mol. The first-order chi connectivity index (χ1) is 12.9. The average molecular weight is 463 g/mol. The molecular weight excluding hydrogens is 447 g/mol. The number of hydroxylamine groups is 1. The quantitative estimate of drug-likeness (QED) is 0.262. The normalized spacial score (nSPS) is 15.0. The number of nitrogens with zero attached hydrogens (tertiary/aromatic N) is 3. The van der Waals surface area contributed by atoms with Crippen molar-refractivity contribution in [2.45, 2.75) is 18.9 Å². The molecule has 1 aliphatic rings. The zero-order chi connectivity index (χ0) is 19.4. The van der Waals surface area contributed by atoms with E-state index in [0.717, 1.165) is 12.8 Å². The van der Waals surface area contributed by atoms with Gasteiger partial charge in [-0.2, -0.15) is 0 Å². The van der Waals surface area contributed by atoms with Gasteiger partial charge in [-0.3, -0.25) is 10.7 Å². The number of aromatic nitrogens is 2. The molecule has 1 aromatic carbocycles.